The van der Waals surface area contributed by atoms with Crippen LogP contribution in [0.5, 0.6) is 0 Å². The molecule has 0 aliphatic heterocycles. The Balaban J connectivity index is 0.00000312. The first-order chi connectivity index (χ1) is 11.6. The van der Waals surface area contributed by atoms with Crippen molar-refractivity contribution in [2.45, 2.75) is 26.4 Å². The van der Waals surface area contributed by atoms with Gasteiger partial charge in [0.25, 0.3) is 0 Å². The van der Waals surface area contributed by atoms with E-state index in [1.165, 1.54) is 7.11 Å². The second-order valence-electron chi connectivity index (χ2n) is 5.65. The number of carbonyl (C=O) groups is 1. The number of ether oxygens (including phenoxy) is 1. The molecule has 1 aromatic carbocycles. The van der Waals surface area contributed by atoms with E-state index in [1.54, 1.807) is 0 Å². The lowest BCUT2D eigenvalue weighted by molar-refractivity contribution is -0.118. The number of nitrogens with zero attached hydrogens (tertiary/aromatic N) is 3. The van der Waals surface area contributed by atoms with Crippen molar-refractivity contribution in [1.82, 2.24) is 14.5 Å². The van der Waals surface area contributed by atoms with Crippen LogP contribution in [0.15, 0.2) is 24.3 Å². The maximum atomic E-state index is 12.2. The van der Waals surface area contributed by atoms with Crippen molar-refractivity contribution in [3.8, 4) is 0 Å². The number of carbonyl (C=O) groups excluding carboxylic acids is 1. The number of aromatic nitrogens is 2. The number of anilines is 1. The van der Waals surface area contributed by atoms with E-state index in [1.807, 2.05) is 28.8 Å². The first-order valence-corrected chi connectivity index (χ1v) is 8.33. The van der Waals surface area contributed by atoms with E-state index in [2.05, 4.69) is 29.0 Å². The quantitative estimate of drug-likeness (QED) is 0.667. The molecule has 0 saturated heterocycles. The van der Waals surface area contributed by atoms with E-state index in [-0.39, 0.29) is 37.3 Å². The molecule has 0 aliphatic carbocycles. The first-order valence-electron chi connectivity index (χ1n) is 8.33. The highest BCUT2D eigenvalue weighted by atomic mass is 35.5. The highest BCUT2D eigenvalue weighted by Crippen LogP contribution is 2.19. The molecule has 1 heterocycles. The lowest BCUT2D eigenvalue weighted by atomic mass is 10.3. The SMILES string of the molecule is CCN(CC)CCn1c(NC(=O)C(N)COC)nc2ccccc21.Cl.Cl. The third-order valence-electron chi connectivity index (χ3n) is 4.11. The number of rotatable bonds is 9. The predicted molar refractivity (Wildman–Crippen MR) is 110 cm³/mol. The van der Waals surface area contributed by atoms with E-state index in [9.17, 15) is 4.79 Å². The van der Waals surface area contributed by atoms with Gasteiger partial charge in [-0.2, -0.15) is 0 Å². The van der Waals surface area contributed by atoms with Crippen molar-refractivity contribution in [3.63, 3.8) is 0 Å². The molecule has 2 aromatic rings. The highest BCUT2D eigenvalue weighted by Gasteiger charge is 2.18. The Bertz CT molecular complexity index is 676. The molecule has 0 aliphatic rings. The Morgan fingerprint density at radius 1 is 1.31 bits per heavy atom. The number of imidazole rings is 1. The maximum Gasteiger partial charge on any atom is 0.245 e. The molecule has 26 heavy (non-hydrogen) atoms. The molecule has 9 heteroatoms. The summed E-state index contributed by atoms with van der Waals surface area (Å²) in [6.45, 7) is 8.07. The largest absolute Gasteiger partial charge is 0.383 e. The highest BCUT2D eigenvalue weighted by molar-refractivity contribution is 5.95. The summed E-state index contributed by atoms with van der Waals surface area (Å²) >= 11 is 0. The van der Waals surface area contributed by atoms with Gasteiger partial charge in [-0.3, -0.25) is 10.1 Å². The van der Waals surface area contributed by atoms with Crippen LogP contribution in [0.1, 0.15) is 13.8 Å². The van der Waals surface area contributed by atoms with E-state index < -0.39 is 6.04 Å². The molecular formula is C17H29Cl2N5O2. The van der Waals surface area contributed by atoms with Gasteiger partial charge in [0.2, 0.25) is 11.9 Å². The van der Waals surface area contributed by atoms with Gasteiger partial charge in [0.05, 0.1) is 17.6 Å². The zero-order valence-electron chi connectivity index (χ0n) is 15.5. The van der Waals surface area contributed by atoms with Gasteiger partial charge < -0.3 is 19.9 Å². The molecular weight excluding hydrogens is 377 g/mol. The van der Waals surface area contributed by atoms with E-state index >= 15 is 0 Å². The maximum absolute atomic E-state index is 12.2. The van der Waals surface area contributed by atoms with Gasteiger partial charge in [-0.1, -0.05) is 26.0 Å². The van der Waals surface area contributed by atoms with Crippen molar-refractivity contribution in [1.29, 1.82) is 0 Å². The lowest BCUT2D eigenvalue weighted by Crippen LogP contribution is -2.40. The molecule has 1 aromatic heterocycles. The van der Waals surface area contributed by atoms with E-state index in [4.69, 9.17) is 10.5 Å². The van der Waals surface area contributed by atoms with Crippen LogP contribution < -0.4 is 11.1 Å². The van der Waals surface area contributed by atoms with Crippen molar-refractivity contribution in [2.24, 2.45) is 5.73 Å². The van der Waals surface area contributed by atoms with Crippen molar-refractivity contribution in [3.05, 3.63) is 24.3 Å². The molecule has 148 valence electrons. The number of likely N-dealkylation sites (N-methyl/N-ethyl adjacent to an activating group) is 1. The minimum Gasteiger partial charge on any atom is -0.383 e. The number of benzene rings is 1. The Morgan fingerprint density at radius 2 is 1.96 bits per heavy atom. The fourth-order valence-electron chi connectivity index (χ4n) is 2.64. The topological polar surface area (TPSA) is 85.4 Å². The summed E-state index contributed by atoms with van der Waals surface area (Å²) in [5, 5.41) is 2.83. The number of nitrogens with two attached hydrogens (primary N) is 1. The second kappa shape index (κ2) is 12.1. The number of nitrogens with one attached hydrogen (secondary N) is 1. The molecule has 1 amide bonds. The predicted octanol–water partition coefficient (Wildman–Crippen LogP) is 2.13. The number of para-hydroxylation sites is 2. The van der Waals surface area contributed by atoms with Gasteiger partial charge in [-0.25, -0.2) is 4.98 Å². The molecule has 1 atom stereocenters. The van der Waals surface area contributed by atoms with Crippen molar-refractivity contribution < 1.29 is 9.53 Å². The minimum atomic E-state index is -0.717. The van der Waals surface area contributed by atoms with Gasteiger partial charge >= 0.3 is 0 Å². The van der Waals surface area contributed by atoms with Crippen molar-refractivity contribution >= 4 is 47.7 Å². The van der Waals surface area contributed by atoms with Crippen LogP contribution in [0.25, 0.3) is 11.0 Å². The molecule has 0 fully saturated rings. The smallest absolute Gasteiger partial charge is 0.245 e. The Labute approximate surface area is 167 Å². The van der Waals surface area contributed by atoms with Gasteiger partial charge in [0, 0.05) is 20.2 Å². The van der Waals surface area contributed by atoms with Gasteiger partial charge in [-0.15, -0.1) is 24.8 Å². The molecule has 7 nitrogen and oxygen atoms in total. The van der Waals surface area contributed by atoms with E-state index in [0.29, 0.717) is 5.95 Å². The second-order valence-corrected chi connectivity index (χ2v) is 5.65. The number of hydrogen-bond donors (Lipinski definition) is 2. The summed E-state index contributed by atoms with van der Waals surface area (Å²) in [4.78, 5) is 19.1. The van der Waals surface area contributed by atoms with Crippen molar-refractivity contribution in [2.75, 3.05) is 38.7 Å². The van der Waals surface area contributed by atoms with Crippen LogP contribution in [0.3, 0.4) is 0 Å². The number of fused-ring (bicyclic) bond motifs is 1. The number of hydrogen-bond acceptors (Lipinski definition) is 5. The van der Waals surface area contributed by atoms with Gasteiger partial charge in [0.15, 0.2) is 0 Å². The molecule has 2 rings (SSSR count). The summed E-state index contributed by atoms with van der Waals surface area (Å²) in [7, 11) is 1.52. The average molecular weight is 406 g/mol. The normalized spacial score (nSPS) is 11.7. The summed E-state index contributed by atoms with van der Waals surface area (Å²) in [6, 6.07) is 7.14. The molecule has 3 N–H and O–H groups in total. The summed E-state index contributed by atoms with van der Waals surface area (Å²) < 4.78 is 6.97. The van der Waals surface area contributed by atoms with Crippen LogP contribution in [-0.2, 0) is 16.1 Å². The lowest BCUT2D eigenvalue weighted by Gasteiger charge is -2.19. The van der Waals surface area contributed by atoms with Gasteiger partial charge in [0.1, 0.15) is 6.04 Å². The minimum absolute atomic E-state index is 0. The summed E-state index contributed by atoms with van der Waals surface area (Å²) in [6.07, 6.45) is 0. The Kier molecular flexibility index (Phi) is 11.4. The zero-order valence-corrected chi connectivity index (χ0v) is 17.1. The van der Waals surface area contributed by atoms with E-state index in [0.717, 1.165) is 37.2 Å². The number of methoxy groups -OCH3 is 1. The van der Waals surface area contributed by atoms with Gasteiger partial charge in [-0.05, 0) is 25.2 Å². The summed E-state index contributed by atoms with van der Waals surface area (Å²) in [5.74, 6) is 0.233. The van der Waals surface area contributed by atoms with Crippen LogP contribution in [-0.4, -0.2) is 59.8 Å². The standard InChI is InChI=1S/C17H27N5O2.2ClH/c1-4-21(5-2)10-11-22-15-9-7-6-8-14(15)19-17(22)20-16(23)13(18)12-24-3;;/h6-9,13H,4-5,10-12,18H2,1-3H3,(H,19,20,23);2*1H. The van der Waals surface area contributed by atoms with Crippen LogP contribution in [0, 0.1) is 0 Å². The molecule has 0 radical (unpaired) electrons. The Hall–Kier alpha value is -1.38. The molecule has 1 unspecified atom stereocenters. The van der Waals surface area contributed by atoms with Crippen LogP contribution in [0.2, 0.25) is 0 Å². The molecule has 0 spiro atoms. The molecule has 0 bridgehead atoms. The first kappa shape index (κ1) is 24.6. The number of amides is 1. The van der Waals surface area contributed by atoms with Crippen LogP contribution >= 0.6 is 24.8 Å². The fourth-order valence-corrected chi connectivity index (χ4v) is 2.64. The number of halogens is 2. The summed E-state index contributed by atoms with van der Waals surface area (Å²) in [5.41, 5.74) is 7.66. The molecule has 0 saturated carbocycles. The van der Waals surface area contributed by atoms with Crippen LogP contribution in [0.4, 0.5) is 5.95 Å². The average Bonchev–Trinajstić information content (AvgIpc) is 2.93. The third kappa shape index (κ3) is 6.10. The zero-order chi connectivity index (χ0) is 17.5. The fraction of sp³-hybridized carbons (Fsp3) is 0.529. The monoisotopic (exact) mass is 405 g/mol. The Morgan fingerprint density at radius 3 is 2.58 bits per heavy atom. The third-order valence-corrected chi connectivity index (χ3v) is 4.11.